The highest BCUT2D eigenvalue weighted by Gasteiger charge is 2.35. The maximum atomic E-state index is 12.1. The predicted molar refractivity (Wildman–Crippen MR) is 69.2 cm³/mol. The van der Waals surface area contributed by atoms with Crippen molar-refractivity contribution >= 4 is 33.5 Å². The van der Waals surface area contributed by atoms with E-state index in [9.17, 15) is 9.59 Å². The third-order valence-corrected chi connectivity index (χ3v) is 3.22. The van der Waals surface area contributed by atoms with Gasteiger partial charge in [0.25, 0.3) is 5.91 Å². The summed E-state index contributed by atoms with van der Waals surface area (Å²) < 4.78 is 5.71. The second-order valence-corrected chi connectivity index (χ2v) is 4.93. The van der Waals surface area contributed by atoms with E-state index >= 15 is 0 Å². The number of aryl methyl sites for hydroxylation is 1. The van der Waals surface area contributed by atoms with Gasteiger partial charge in [-0.25, -0.2) is 4.98 Å². The Bertz CT molecular complexity index is 504. The molecule has 5 nitrogen and oxygen atoms in total. The van der Waals surface area contributed by atoms with Crippen molar-refractivity contribution in [1.82, 2.24) is 4.98 Å². The number of ether oxygens (including phenoxy) is 1. The van der Waals surface area contributed by atoms with Crippen LogP contribution >= 0.6 is 15.9 Å². The van der Waals surface area contributed by atoms with Gasteiger partial charge in [-0.1, -0.05) is 0 Å². The van der Waals surface area contributed by atoms with E-state index in [0.717, 1.165) is 16.0 Å². The van der Waals surface area contributed by atoms with Crippen molar-refractivity contribution < 1.29 is 14.3 Å². The monoisotopic (exact) mass is 312 g/mol. The van der Waals surface area contributed by atoms with Crippen LogP contribution in [0.4, 0.5) is 5.69 Å². The summed E-state index contributed by atoms with van der Waals surface area (Å²) in [4.78, 5) is 28.8. The highest BCUT2D eigenvalue weighted by atomic mass is 79.9. The van der Waals surface area contributed by atoms with E-state index in [1.807, 2.05) is 13.0 Å². The minimum Gasteiger partial charge on any atom is -0.452 e. The molecule has 6 heteroatoms. The molecule has 1 aromatic rings. The molecule has 18 heavy (non-hydrogen) atoms. The number of anilines is 1. The van der Waals surface area contributed by atoms with Crippen LogP contribution in [0.3, 0.4) is 0 Å². The van der Waals surface area contributed by atoms with Gasteiger partial charge in [0.15, 0.2) is 6.10 Å². The Balaban J connectivity index is 2.20. The molecule has 0 spiro atoms. The molecule has 1 aromatic heterocycles. The second-order valence-electron chi connectivity index (χ2n) is 4.12. The fourth-order valence-electron chi connectivity index (χ4n) is 2.01. The number of halogens is 1. The molecular weight excluding hydrogens is 300 g/mol. The first kappa shape index (κ1) is 13.0. The lowest BCUT2D eigenvalue weighted by Gasteiger charge is -2.18. The van der Waals surface area contributed by atoms with Gasteiger partial charge in [0.05, 0.1) is 11.4 Å². The summed E-state index contributed by atoms with van der Waals surface area (Å²) in [5, 5.41) is 0. The van der Waals surface area contributed by atoms with E-state index < -0.39 is 12.1 Å². The van der Waals surface area contributed by atoms with E-state index in [0.29, 0.717) is 13.0 Å². The lowest BCUT2D eigenvalue weighted by Crippen LogP contribution is -2.32. The standard InChI is InChI=1S/C12H13BrN2O3/c1-7-9(3-4-11(13)14-7)15-6-5-10(12(15)17)18-8(2)16/h3-4,10H,5-6H2,1-2H3. The van der Waals surface area contributed by atoms with Crippen LogP contribution in [0, 0.1) is 6.92 Å². The van der Waals surface area contributed by atoms with Crippen molar-refractivity contribution in [3.05, 3.63) is 22.4 Å². The van der Waals surface area contributed by atoms with Crippen molar-refractivity contribution in [2.45, 2.75) is 26.4 Å². The second kappa shape index (κ2) is 5.06. The number of amides is 1. The largest absolute Gasteiger partial charge is 0.452 e. The first-order valence-corrected chi connectivity index (χ1v) is 6.40. The van der Waals surface area contributed by atoms with Crippen LogP contribution in [-0.4, -0.2) is 29.5 Å². The molecule has 0 bridgehead atoms. The highest BCUT2D eigenvalue weighted by Crippen LogP contribution is 2.26. The van der Waals surface area contributed by atoms with Crippen LogP contribution in [0.1, 0.15) is 19.0 Å². The van der Waals surface area contributed by atoms with Gasteiger partial charge in [-0.05, 0) is 35.0 Å². The normalized spacial score (nSPS) is 19.2. The van der Waals surface area contributed by atoms with Crippen LogP contribution < -0.4 is 4.90 Å². The highest BCUT2D eigenvalue weighted by molar-refractivity contribution is 9.10. The fraction of sp³-hybridized carbons (Fsp3) is 0.417. The average Bonchev–Trinajstić information content (AvgIpc) is 2.60. The van der Waals surface area contributed by atoms with Crippen LogP contribution in [0.2, 0.25) is 0 Å². The Hall–Kier alpha value is -1.43. The minimum absolute atomic E-state index is 0.183. The van der Waals surface area contributed by atoms with Crippen LogP contribution in [0.25, 0.3) is 0 Å². The fourth-order valence-corrected chi connectivity index (χ4v) is 2.41. The van der Waals surface area contributed by atoms with E-state index in [1.54, 1.807) is 11.0 Å². The zero-order valence-electron chi connectivity index (χ0n) is 10.1. The van der Waals surface area contributed by atoms with Gasteiger partial charge in [0.1, 0.15) is 4.60 Å². The Morgan fingerprint density at radius 1 is 1.56 bits per heavy atom. The molecule has 0 saturated carbocycles. The van der Waals surface area contributed by atoms with Crippen LogP contribution in [0.15, 0.2) is 16.7 Å². The van der Waals surface area contributed by atoms with Crippen LogP contribution in [0.5, 0.6) is 0 Å². The molecule has 2 heterocycles. The van der Waals surface area contributed by atoms with Gasteiger partial charge >= 0.3 is 5.97 Å². The summed E-state index contributed by atoms with van der Waals surface area (Å²) >= 11 is 3.28. The molecule has 1 unspecified atom stereocenters. The Morgan fingerprint density at radius 2 is 2.28 bits per heavy atom. The number of nitrogens with zero attached hydrogens (tertiary/aromatic N) is 2. The molecule has 1 atom stereocenters. The van der Waals surface area contributed by atoms with Crippen molar-refractivity contribution in [2.75, 3.05) is 11.4 Å². The third kappa shape index (κ3) is 2.53. The van der Waals surface area contributed by atoms with E-state index in [4.69, 9.17) is 4.74 Å². The lowest BCUT2D eigenvalue weighted by molar-refractivity contribution is -0.151. The number of esters is 1. The third-order valence-electron chi connectivity index (χ3n) is 2.78. The van der Waals surface area contributed by atoms with Gasteiger partial charge in [0, 0.05) is 19.9 Å². The van der Waals surface area contributed by atoms with Gasteiger partial charge in [-0.2, -0.15) is 0 Å². The minimum atomic E-state index is -0.662. The quantitative estimate of drug-likeness (QED) is 0.617. The van der Waals surface area contributed by atoms with Crippen LogP contribution in [-0.2, 0) is 14.3 Å². The Kier molecular flexibility index (Phi) is 3.65. The van der Waals surface area contributed by atoms with Crippen molar-refractivity contribution in [3.63, 3.8) is 0 Å². The summed E-state index contributed by atoms with van der Waals surface area (Å²) in [6, 6.07) is 3.62. The molecule has 96 valence electrons. The molecule has 0 aromatic carbocycles. The lowest BCUT2D eigenvalue weighted by atomic mass is 10.3. The van der Waals surface area contributed by atoms with Gasteiger partial charge in [-0.3, -0.25) is 9.59 Å². The summed E-state index contributed by atoms with van der Waals surface area (Å²) in [6.45, 7) is 3.69. The number of pyridine rings is 1. The Morgan fingerprint density at radius 3 is 2.89 bits per heavy atom. The van der Waals surface area contributed by atoms with Crippen molar-refractivity contribution in [1.29, 1.82) is 0 Å². The molecule has 0 radical (unpaired) electrons. The zero-order valence-corrected chi connectivity index (χ0v) is 11.7. The predicted octanol–water partition coefficient (Wildman–Crippen LogP) is 1.82. The topological polar surface area (TPSA) is 59.5 Å². The van der Waals surface area contributed by atoms with Gasteiger partial charge in [0.2, 0.25) is 0 Å². The number of carbonyl (C=O) groups is 2. The smallest absolute Gasteiger partial charge is 0.303 e. The molecule has 1 aliphatic heterocycles. The summed E-state index contributed by atoms with van der Waals surface area (Å²) in [5.41, 5.74) is 1.53. The molecule has 2 rings (SSSR count). The first-order valence-electron chi connectivity index (χ1n) is 5.61. The van der Waals surface area contributed by atoms with Crippen molar-refractivity contribution in [2.24, 2.45) is 0 Å². The van der Waals surface area contributed by atoms with E-state index in [1.165, 1.54) is 6.92 Å². The van der Waals surface area contributed by atoms with E-state index in [2.05, 4.69) is 20.9 Å². The number of hydrogen-bond acceptors (Lipinski definition) is 4. The maximum Gasteiger partial charge on any atom is 0.303 e. The Labute approximate surface area is 113 Å². The van der Waals surface area contributed by atoms with Gasteiger partial charge < -0.3 is 9.64 Å². The number of hydrogen-bond donors (Lipinski definition) is 0. The molecule has 1 saturated heterocycles. The first-order chi connectivity index (χ1) is 8.49. The number of carbonyl (C=O) groups excluding carboxylic acids is 2. The summed E-state index contributed by atoms with van der Waals surface area (Å²) in [7, 11) is 0. The van der Waals surface area contributed by atoms with Gasteiger partial charge in [-0.15, -0.1) is 0 Å². The zero-order chi connectivity index (χ0) is 13.3. The molecule has 0 N–H and O–H groups in total. The van der Waals surface area contributed by atoms with Crippen molar-refractivity contribution in [3.8, 4) is 0 Å². The summed E-state index contributed by atoms with van der Waals surface area (Å²) in [6.07, 6.45) is -0.140. The maximum absolute atomic E-state index is 12.1. The molecule has 1 aliphatic rings. The SMILES string of the molecule is CC(=O)OC1CCN(c2ccc(Br)nc2C)C1=O. The molecule has 0 aliphatic carbocycles. The molecule has 1 fully saturated rings. The average molecular weight is 313 g/mol. The summed E-state index contributed by atoms with van der Waals surface area (Å²) in [5.74, 6) is -0.613. The number of aromatic nitrogens is 1. The molecular formula is C12H13BrN2O3. The molecule has 1 amide bonds. The van der Waals surface area contributed by atoms with E-state index in [-0.39, 0.29) is 5.91 Å². The number of rotatable bonds is 2.